The molecule has 0 bridgehead atoms. The Kier molecular flexibility index (Phi) is 11.3. The topological polar surface area (TPSA) is 95.9 Å². The standard InChI is InChI=1S/C33H42N2O5/c36-23-29(21-26-14-7-4-8-15-26)34-31(37)22-27-16-9-1-2-10-17-28(20-25-12-5-3-6-13-25)33(39)40-24-30-18-11-19-35(30)32(27)38/h1,3-9,12-15,27-30,36H,2,10-11,16-24H2,(H,34,37)/t27-,28-,29+,30+/m1/s1. The first-order chi connectivity index (χ1) is 19.5. The monoisotopic (exact) mass is 546 g/mol. The Morgan fingerprint density at radius 2 is 1.68 bits per heavy atom. The summed E-state index contributed by atoms with van der Waals surface area (Å²) in [5.74, 6) is -1.23. The Morgan fingerprint density at radius 1 is 0.950 bits per heavy atom. The van der Waals surface area contributed by atoms with E-state index in [1.165, 1.54) is 0 Å². The lowest BCUT2D eigenvalue weighted by molar-refractivity contribution is -0.152. The van der Waals surface area contributed by atoms with E-state index in [4.69, 9.17) is 4.74 Å². The third-order valence-corrected chi connectivity index (χ3v) is 7.94. The number of benzene rings is 2. The SMILES string of the molecule is O=C(C[C@H]1CC=CCCC[C@H](Cc2ccccc2)C(=O)OC[C@@H]2CCCN2C1=O)N[C@H](CO)Cc1ccccc1. The Bertz CT molecular complexity index is 1120. The minimum atomic E-state index is -0.502. The van der Waals surface area contributed by atoms with Crippen molar-refractivity contribution in [3.63, 3.8) is 0 Å². The molecule has 2 amide bonds. The summed E-state index contributed by atoms with van der Waals surface area (Å²) >= 11 is 0. The molecule has 0 radical (unpaired) electrons. The third-order valence-electron chi connectivity index (χ3n) is 7.94. The highest BCUT2D eigenvalue weighted by Crippen LogP contribution is 2.25. The Morgan fingerprint density at radius 3 is 2.40 bits per heavy atom. The Labute approximate surface area is 237 Å². The van der Waals surface area contributed by atoms with E-state index in [0.717, 1.165) is 43.2 Å². The molecule has 4 atom stereocenters. The molecule has 1 saturated heterocycles. The van der Waals surface area contributed by atoms with Gasteiger partial charge in [-0.2, -0.15) is 0 Å². The summed E-state index contributed by atoms with van der Waals surface area (Å²) in [5, 5.41) is 12.8. The van der Waals surface area contributed by atoms with Crippen LogP contribution >= 0.6 is 0 Å². The van der Waals surface area contributed by atoms with E-state index >= 15 is 0 Å². The van der Waals surface area contributed by atoms with Gasteiger partial charge in [-0.3, -0.25) is 14.4 Å². The first-order valence-electron chi connectivity index (χ1n) is 14.6. The van der Waals surface area contributed by atoms with Crippen LogP contribution in [-0.2, 0) is 32.0 Å². The van der Waals surface area contributed by atoms with Crippen molar-refractivity contribution in [2.75, 3.05) is 19.8 Å². The van der Waals surface area contributed by atoms with Gasteiger partial charge in [0.2, 0.25) is 11.8 Å². The molecule has 7 heteroatoms. The van der Waals surface area contributed by atoms with Crippen LogP contribution in [0.3, 0.4) is 0 Å². The molecule has 2 aliphatic rings. The van der Waals surface area contributed by atoms with Gasteiger partial charge in [-0.15, -0.1) is 0 Å². The maximum absolute atomic E-state index is 13.7. The average Bonchev–Trinajstić information content (AvgIpc) is 3.45. The van der Waals surface area contributed by atoms with Crippen LogP contribution in [0.25, 0.3) is 0 Å². The molecule has 4 rings (SSSR count). The fraction of sp³-hybridized carbons (Fsp3) is 0.485. The molecular formula is C33H42N2O5. The number of carbonyl (C=O) groups excluding carboxylic acids is 3. The number of hydrogen-bond acceptors (Lipinski definition) is 5. The first-order valence-corrected chi connectivity index (χ1v) is 14.6. The van der Waals surface area contributed by atoms with Gasteiger partial charge < -0.3 is 20.1 Å². The van der Waals surface area contributed by atoms with Crippen molar-refractivity contribution in [2.45, 2.75) is 69.9 Å². The molecule has 0 saturated carbocycles. The number of esters is 1. The number of aliphatic hydroxyl groups excluding tert-OH is 1. The normalized spacial score (nSPS) is 23.1. The van der Waals surface area contributed by atoms with Gasteiger partial charge in [0, 0.05) is 13.0 Å². The van der Waals surface area contributed by atoms with Crippen molar-refractivity contribution in [3.8, 4) is 0 Å². The van der Waals surface area contributed by atoms with Crippen LogP contribution in [0.1, 0.15) is 56.1 Å². The van der Waals surface area contributed by atoms with Crippen LogP contribution in [0, 0.1) is 11.8 Å². The zero-order chi connectivity index (χ0) is 28.2. The highest BCUT2D eigenvalue weighted by atomic mass is 16.5. The summed E-state index contributed by atoms with van der Waals surface area (Å²) in [4.78, 5) is 41.6. The number of fused-ring (bicyclic) bond motifs is 1. The molecule has 0 unspecified atom stereocenters. The fourth-order valence-corrected chi connectivity index (χ4v) is 5.73. The number of nitrogens with zero attached hydrogens (tertiary/aromatic N) is 1. The van der Waals surface area contributed by atoms with E-state index in [2.05, 4.69) is 11.4 Å². The fourth-order valence-electron chi connectivity index (χ4n) is 5.73. The largest absolute Gasteiger partial charge is 0.463 e. The van der Waals surface area contributed by atoms with Crippen LogP contribution in [0.4, 0.5) is 0 Å². The highest BCUT2D eigenvalue weighted by Gasteiger charge is 2.35. The number of ether oxygens (including phenoxy) is 1. The summed E-state index contributed by atoms with van der Waals surface area (Å²) < 4.78 is 5.82. The van der Waals surface area contributed by atoms with Crippen LogP contribution in [0.5, 0.6) is 0 Å². The molecule has 7 nitrogen and oxygen atoms in total. The number of cyclic esters (lactones) is 1. The van der Waals surface area contributed by atoms with Gasteiger partial charge in [0.15, 0.2) is 0 Å². The van der Waals surface area contributed by atoms with Crippen LogP contribution in [0.15, 0.2) is 72.8 Å². The smallest absolute Gasteiger partial charge is 0.309 e. The number of aliphatic hydroxyl groups is 1. The van der Waals surface area contributed by atoms with E-state index in [1.807, 2.05) is 71.6 Å². The first kappa shape index (κ1) is 29.5. The molecule has 2 heterocycles. The minimum Gasteiger partial charge on any atom is -0.463 e. The molecule has 1 fully saturated rings. The van der Waals surface area contributed by atoms with Gasteiger partial charge in [0.1, 0.15) is 6.61 Å². The van der Waals surface area contributed by atoms with Crippen molar-refractivity contribution in [2.24, 2.45) is 11.8 Å². The van der Waals surface area contributed by atoms with Crippen LogP contribution in [-0.4, -0.2) is 59.6 Å². The second-order valence-electron chi connectivity index (χ2n) is 11.0. The molecule has 0 spiro atoms. The molecular weight excluding hydrogens is 504 g/mol. The van der Waals surface area contributed by atoms with E-state index in [1.54, 1.807) is 0 Å². The molecule has 0 aliphatic carbocycles. The number of nitrogens with one attached hydrogen (secondary N) is 1. The number of rotatable bonds is 8. The van der Waals surface area contributed by atoms with Crippen molar-refractivity contribution in [3.05, 3.63) is 83.9 Å². The lowest BCUT2D eigenvalue weighted by atomic mass is 9.93. The summed E-state index contributed by atoms with van der Waals surface area (Å²) in [6.45, 7) is 0.613. The second kappa shape index (κ2) is 15.4. The number of hydrogen-bond donors (Lipinski definition) is 2. The summed E-state index contributed by atoms with van der Waals surface area (Å²) in [6.07, 6.45) is 9.76. The molecule has 40 heavy (non-hydrogen) atoms. The van der Waals surface area contributed by atoms with Crippen molar-refractivity contribution in [1.82, 2.24) is 10.2 Å². The van der Waals surface area contributed by atoms with Crippen LogP contribution in [0.2, 0.25) is 0 Å². The Hall–Kier alpha value is -3.45. The molecule has 214 valence electrons. The predicted molar refractivity (Wildman–Crippen MR) is 154 cm³/mol. The second-order valence-corrected chi connectivity index (χ2v) is 11.0. The van der Waals surface area contributed by atoms with E-state index in [9.17, 15) is 19.5 Å². The maximum atomic E-state index is 13.7. The van der Waals surface area contributed by atoms with E-state index < -0.39 is 12.0 Å². The molecule has 0 aromatic heterocycles. The zero-order valence-corrected chi connectivity index (χ0v) is 23.3. The van der Waals surface area contributed by atoms with Crippen molar-refractivity contribution >= 4 is 17.8 Å². The summed E-state index contributed by atoms with van der Waals surface area (Å²) in [6, 6.07) is 19.1. The Balaban J connectivity index is 1.41. The number of amides is 2. The van der Waals surface area contributed by atoms with Gasteiger partial charge in [0.25, 0.3) is 0 Å². The molecule has 2 aromatic rings. The van der Waals surface area contributed by atoms with E-state index in [-0.39, 0.29) is 49.4 Å². The van der Waals surface area contributed by atoms with Crippen molar-refractivity contribution < 1.29 is 24.2 Å². The summed E-state index contributed by atoms with van der Waals surface area (Å²) in [5.41, 5.74) is 2.14. The molecule has 2 aromatic carbocycles. The maximum Gasteiger partial charge on any atom is 0.309 e. The predicted octanol–water partition coefficient (Wildman–Crippen LogP) is 4.24. The highest BCUT2D eigenvalue weighted by molar-refractivity contribution is 5.86. The van der Waals surface area contributed by atoms with Crippen molar-refractivity contribution in [1.29, 1.82) is 0 Å². The van der Waals surface area contributed by atoms with Gasteiger partial charge in [-0.05, 0) is 62.5 Å². The molecule has 2 aliphatic heterocycles. The van der Waals surface area contributed by atoms with E-state index in [0.29, 0.717) is 25.8 Å². The number of allylic oxidation sites excluding steroid dienone is 2. The van der Waals surface area contributed by atoms with Gasteiger partial charge in [-0.1, -0.05) is 72.8 Å². The lowest BCUT2D eigenvalue weighted by Crippen LogP contribution is -2.45. The quantitative estimate of drug-likeness (QED) is 0.382. The third kappa shape index (κ3) is 8.78. The average molecular weight is 547 g/mol. The van der Waals surface area contributed by atoms with Crippen LogP contribution < -0.4 is 5.32 Å². The zero-order valence-electron chi connectivity index (χ0n) is 23.3. The number of carbonyl (C=O) groups is 3. The lowest BCUT2D eigenvalue weighted by Gasteiger charge is -2.29. The van der Waals surface area contributed by atoms with Gasteiger partial charge in [-0.25, -0.2) is 0 Å². The van der Waals surface area contributed by atoms with Gasteiger partial charge >= 0.3 is 5.97 Å². The summed E-state index contributed by atoms with van der Waals surface area (Å²) in [7, 11) is 0. The molecule has 2 N–H and O–H groups in total. The van der Waals surface area contributed by atoms with Gasteiger partial charge in [0.05, 0.1) is 30.5 Å². The minimum absolute atomic E-state index is 0.0522.